The van der Waals surface area contributed by atoms with Crippen molar-refractivity contribution in [3.05, 3.63) is 186 Å². The number of rotatable bonds is 6. The number of hydrogen-bond acceptors (Lipinski definition) is 4. The Hall–Kier alpha value is -6.92. The van der Waals surface area contributed by atoms with Gasteiger partial charge in [0.1, 0.15) is 17.8 Å². The molecule has 9 aromatic rings. The Bertz CT molecular complexity index is 2740. The molecular weight excluding hydrogens is 661 g/mol. The van der Waals surface area contributed by atoms with Crippen molar-refractivity contribution in [3.63, 3.8) is 0 Å². The SMILES string of the molecule is Cc1ccccc1N1c2ccccc2NC1c1cc(-c2nc3ccccc3n2-c2ccccc2C)cc(-c2nc3ccccc3n2-c2ccccc2C)c1. The summed E-state index contributed by atoms with van der Waals surface area (Å²) in [4.78, 5) is 13.2. The van der Waals surface area contributed by atoms with Crippen molar-refractivity contribution in [2.75, 3.05) is 10.2 Å². The molecule has 2 aromatic heterocycles. The molecule has 1 atom stereocenters. The van der Waals surface area contributed by atoms with Gasteiger partial charge in [0.2, 0.25) is 0 Å². The van der Waals surface area contributed by atoms with E-state index in [9.17, 15) is 0 Å². The molecule has 7 aromatic carbocycles. The Balaban J connectivity index is 1.28. The Labute approximate surface area is 314 Å². The molecule has 1 unspecified atom stereocenters. The number of hydrogen-bond donors (Lipinski definition) is 1. The van der Waals surface area contributed by atoms with E-state index in [0.29, 0.717) is 0 Å². The minimum atomic E-state index is -0.199. The number of aromatic nitrogens is 4. The van der Waals surface area contributed by atoms with Crippen LogP contribution in [-0.2, 0) is 0 Å². The van der Waals surface area contributed by atoms with Crippen LogP contribution in [0.1, 0.15) is 28.4 Å². The topological polar surface area (TPSA) is 50.9 Å². The molecule has 10 rings (SSSR count). The summed E-state index contributed by atoms with van der Waals surface area (Å²) in [5.41, 5.74) is 16.3. The molecular formula is C48H38N6. The predicted molar refractivity (Wildman–Crippen MR) is 222 cm³/mol. The van der Waals surface area contributed by atoms with Gasteiger partial charge in [-0.05, 0) is 116 Å². The maximum absolute atomic E-state index is 5.37. The molecule has 6 heteroatoms. The number of nitrogens with one attached hydrogen (secondary N) is 1. The van der Waals surface area contributed by atoms with Crippen LogP contribution in [0.2, 0.25) is 0 Å². The lowest BCUT2D eigenvalue weighted by Gasteiger charge is -2.29. The quantitative estimate of drug-likeness (QED) is 0.188. The highest BCUT2D eigenvalue weighted by atomic mass is 15.3. The summed E-state index contributed by atoms with van der Waals surface area (Å²) in [7, 11) is 0. The van der Waals surface area contributed by atoms with Gasteiger partial charge in [-0.3, -0.25) is 9.13 Å². The average Bonchev–Trinajstić information content (AvgIpc) is 3.91. The van der Waals surface area contributed by atoms with Crippen LogP contribution in [0.3, 0.4) is 0 Å². The van der Waals surface area contributed by atoms with Crippen molar-refractivity contribution in [1.82, 2.24) is 19.1 Å². The number of imidazole rings is 2. The van der Waals surface area contributed by atoms with Gasteiger partial charge in [0.25, 0.3) is 0 Å². The zero-order valence-electron chi connectivity index (χ0n) is 30.4. The third kappa shape index (κ3) is 5.10. The summed E-state index contributed by atoms with van der Waals surface area (Å²) in [6, 6.07) is 58.1. The third-order valence-electron chi connectivity index (χ3n) is 10.7. The van der Waals surface area contributed by atoms with E-state index in [-0.39, 0.29) is 6.17 Å². The molecule has 1 aliphatic rings. The van der Waals surface area contributed by atoms with Crippen LogP contribution >= 0.6 is 0 Å². The van der Waals surface area contributed by atoms with Crippen molar-refractivity contribution in [3.8, 4) is 34.2 Å². The molecule has 0 amide bonds. The molecule has 0 aliphatic carbocycles. The van der Waals surface area contributed by atoms with Gasteiger partial charge in [-0.15, -0.1) is 0 Å². The molecule has 1 N–H and O–H groups in total. The van der Waals surface area contributed by atoms with Crippen LogP contribution in [-0.4, -0.2) is 19.1 Å². The first kappa shape index (κ1) is 31.8. The van der Waals surface area contributed by atoms with Gasteiger partial charge >= 0.3 is 0 Å². The number of anilines is 3. The fraction of sp³-hybridized carbons (Fsp3) is 0.0833. The van der Waals surface area contributed by atoms with Gasteiger partial charge in [0, 0.05) is 16.8 Å². The molecule has 3 heterocycles. The van der Waals surface area contributed by atoms with Crippen molar-refractivity contribution < 1.29 is 0 Å². The van der Waals surface area contributed by atoms with Gasteiger partial charge in [0.05, 0.1) is 44.8 Å². The van der Waals surface area contributed by atoms with E-state index < -0.39 is 0 Å². The molecule has 0 radical (unpaired) electrons. The van der Waals surface area contributed by atoms with E-state index >= 15 is 0 Å². The molecule has 1 aliphatic heterocycles. The zero-order chi connectivity index (χ0) is 36.3. The maximum atomic E-state index is 5.37. The normalized spacial score (nSPS) is 13.8. The number of benzene rings is 7. The molecule has 54 heavy (non-hydrogen) atoms. The van der Waals surface area contributed by atoms with Gasteiger partial charge in [-0.1, -0.05) is 91.0 Å². The maximum Gasteiger partial charge on any atom is 0.145 e. The summed E-state index contributed by atoms with van der Waals surface area (Å²) in [5, 5.41) is 3.92. The van der Waals surface area contributed by atoms with Crippen molar-refractivity contribution in [2.24, 2.45) is 0 Å². The summed E-state index contributed by atoms with van der Waals surface area (Å²) in [6.07, 6.45) is -0.199. The van der Waals surface area contributed by atoms with Crippen LogP contribution in [0.25, 0.3) is 56.2 Å². The van der Waals surface area contributed by atoms with Crippen molar-refractivity contribution >= 4 is 39.1 Å². The zero-order valence-corrected chi connectivity index (χ0v) is 30.4. The third-order valence-corrected chi connectivity index (χ3v) is 10.7. The summed E-state index contributed by atoms with van der Waals surface area (Å²) in [6.45, 7) is 6.52. The Morgan fingerprint density at radius 1 is 0.444 bits per heavy atom. The lowest BCUT2D eigenvalue weighted by molar-refractivity contribution is 0.825. The second-order valence-electron chi connectivity index (χ2n) is 14.2. The first-order chi connectivity index (χ1) is 26.5. The fourth-order valence-corrected chi connectivity index (χ4v) is 8.11. The molecule has 0 spiro atoms. The fourth-order valence-electron chi connectivity index (χ4n) is 8.11. The lowest BCUT2D eigenvalue weighted by atomic mass is 10.0. The molecule has 0 fully saturated rings. The van der Waals surface area contributed by atoms with Crippen LogP contribution in [0, 0.1) is 20.8 Å². The predicted octanol–water partition coefficient (Wildman–Crippen LogP) is 11.9. The van der Waals surface area contributed by atoms with Crippen LogP contribution in [0.5, 0.6) is 0 Å². The number of aryl methyl sites for hydroxylation is 3. The van der Waals surface area contributed by atoms with E-state index in [1.165, 1.54) is 16.7 Å². The van der Waals surface area contributed by atoms with Gasteiger partial charge in [0.15, 0.2) is 0 Å². The van der Waals surface area contributed by atoms with Gasteiger partial charge < -0.3 is 10.2 Å². The number of fused-ring (bicyclic) bond motifs is 3. The first-order valence-corrected chi connectivity index (χ1v) is 18.5. The monoisotopic (exact) mass is 698 g/mol. The van der Waals surface area contributed by atoms with Crippen molar-refractivity contribution in [2.45, 2.75) is 26.9 Å². The number of para-hydroxylation sites is 9. The first-order valence-electron chi connectivity index (χ1n) is 18.5. The van der Waals surface area contributed by atoms with E-state index in [0.717, 1.165) is 78.8 Å². The van der Waals surface area contributed by atoms with Crippen molar-refractivity contribution in [1.29, 1.82) is 0 Å². The highest BCUT2D eigenvalue weighted by molar-refractivity contribution is 5.89. The molecule has 0 saturated heterocycles. The van der Waals surface area contributed by atoms with Crippen LogP contribution < -0.4 is 10.2 Å². The second kappa shape index (κ2) is 12.6. The minimum Gasteiger partial charge on any atom is -0.359 e. The highest BCUT2D eigenvalue weighted by Crippen LogP contribution is 2.48. The minimum absolute atomic E-state index is 0.199. The average molecular weight is 699 g/mol. The summed E-state index contributed by atoms with van der Waals surface area (Å²) >= 11 is 0. The van der Waals surface area contributed by atoms with Crippen LogP contribution in [0.15, 0.2) is 164 Å². The standard InChI is InChI=1S/C48H38N6/c1-31-16-4-10-22-40(31)52-43-25-13-7-19-37(43)49-46(52)34-28-35(47-50-38-20-8-14-26-44(38)53(47)41-23-11-5-17-32(41)2)30-36(29-34)48-51-39-21-9-15-27-45(39)54(48)42-24-12-6-18-33(42)3/h4-30,46,49H,1-3H3. The van der Waals surface area contributed by atoms with Gasteiger partial charge in [-0.25, -0.2) is 9.97 Å². The molecule has 6 nitrogen and oxygen atoms in total. The van der Waals surface area contributed by atoms with Gasteiger partial charge in [-0.2, -0.15) is 0 Å². The lowest BCUT2D eigenvalue weighted by Crippen LogP contribution is -2.24. The second-order valence-corrected chi connectivity index (χ2v) is 14.2. The van der Waals surface area contributed by atoms with E-state index in [1.54, 1.807) is 0 Å². The summed E-state index contributed by atoms with van der Waals surface area (Å²) in [5.74, 6) is 1.76. The Morgan fingerprint density at radius 2 is 0.870 bits per heavy atom. The van der Waals surface area contributed by atoms with E-state index in [1.807, 2.05) is 0 Å². The molecule has 0 bridgehead atoms. The Morgan fingerprint density at radius 3 is 1.39 bits per heavy atom. The van der Waals surface area contributed by atoms with E-state index in [2.05, 4.69) is 204 Å². The molecule has 260 valence electrons. The molecule has 0 saturated carbocycles. The smallest absolute Gasteiger partial charge is 0.145 e. The highest BCUT2D eigenvalue weighted by Gasteiger charge is 2.33. The van der Waals surface area contributed by atoms with Crippen LogP contribution in [0.4, 0.5) is 17.1 Å². The Kier molecular flexibility index (Phi) is 7.44. The largest absolute Gasteiger partial charge is 0.359 e. The number of nitrogens with zero attached hydrogens (tertiary/aromatic N) is 5. The summed E-state index contributed by atoms with van der Waals surface area (Å²) < 4.78 is 4.63. The van der Waals surface area contributed by atoms with E-state index in [4.69, 9.17) is 9.97 Å².